The Labute approximate surface area is 104 Å². The highest BCUT2D eigenvalue weighted by Gasteiger charge is 2.13. The van der Waals surface area contributed by atoms with Crippen LogP contribution < -0.4 is 0 Å². The largest absolute Gasteiger partial charge is 0.337 e. The Morgan fingerprint density at radius 2 is 2.06 bits per heavy atom. The van der Waals surface area contributed by atoms with Crippen molar-refractivity contribution in [3.63, 3.8) is 0 Å². The minimum atomic E-state index is 0.528. The van der Waals surface area contributed by atoms with Gasteiger partial charge in [0.1, 0.15) is 5.69 Å². The number of aryl methyl sites for hydroxylation is 1. The van der Waals surface area contributed by atoms with Crippen LogP contribution in [0.15, 0.2) is 24.3 Å². The molecule has 0 aliphatic rings. The second-order valence-electron chi connectivity index (χ2n) is 3.53. The van der Waals surface area contributed by atoms with Gasteiger partial charge >= 0.3 is 0 Å². The zero-order valence-electron chi connectivity index (χ0n) is 8.62. The summed E-state index contributed by atoms with van der Waals surface area (Å²) in [6.07, 6.45) is 1.62. The molecule has 0 aliphatic carbocycles. The van der Waals surface area contributed by atoms with E-state index >= 15 is 0 Å². The summed E-state index contributed by atoms with van der Waals surface area (Å²) in [4.78, 5) is 11.0. The third-order valence-corrected chi connectivity index (χ3v) is 3.24. The van der Waals surface area contributed by atoms with Crippen LogP contribution in [0.3, 0.4) is 0 Å². The number of halogens is 2. The molecule has 0 bridgehead atoms. The summed E-state index contributed by atoms with van der Waals surface area (Å²) in [5.41, 5.74) is 1.52. The van der Waals surface area contributed by atoms with E-state index in [1.165, 1.54) is 0 Å². The van der Waals surface area contributed by atoms with Gasteiger partial charge in [-0.1, -0.05) is 29.8 Å². The van der Waals surface area contributed by atoms with Crippen molar-refractivity contribution in [2.75, 3.05) is 5.88 Å². The molecule has 0 fully saturated rings. The summed E-state index contributed by atoms with van der Waals surface area (Å²) in [6, 6.07) is 7.73. The van der Waals surface area contributed by atoms with Crippen LogP contribution >= 0.6 is 23.2 Å². The Morgan fingerprint density at radius 3 is 2.75 bits per heavy atom. The summed E-state index contributed by atoms with van der Waals surface area (Å²) in [6.45, 7) is 0.713. The van der Waals surface area contributed by atoms with E-state index in [9.17, 15) is 4.79 Å². The molecule has 16 heavy (non-hydrogen) atoms. The molecule has 2 aromatic rings. The van der Waals surface area contributed by atoms with E-state index in [2.05, 4.69) is 0 Å². The van der Waals surface area contributed by atoms with Gasteiger partial charge in [-0.15, -0.1) is 11.6 Å². The molecule has 1 aromatic heterocycles. The third-order valence-electron chi connectivity index (χ3n) is 2.57. The summed E-state index contributed by atoms with van der Waals surface area (Å²) < 4.78 is 1.92. The zero-order valence-corrected chi connectivity index (χ0v) is 10.1. The first-order valence-electron chi connectivity index (χ1n) is 5.07. The number of carbonyl (C=O) groups excluding carboxylic acids is 1. The van der Waals surface area contributed by atoms with Crippen molar-refractivity contribution in [3.8, 4) is 0 Å². The summed E-state index contributed by atoms with van der Waals surface area (Å²) >= 11 is 11.8. The number of aromatic nitrogens is 1. The molecule has 1 aromatic carbocycles. The highest BCUT2D eigenvalue weighted by atomic mass is 35.5. The van der Waals surface area contributed by atoms with Crippen molar-refractivity contribution in [2.24, 2.45) is 0 Å². The van der Waals surface area contributed by atoms with E-state index < -0.39 is 0 Å². The van der Waals surface area contributed by atoms with E-state index in [0.29, 0.717) is 23.1 Å². The van der Waals surface area contributed by atoms with Gasteiger partial charge in [0.15, 0.2) is 6.29 Å². The van der Waals surface area contributed by atoms with Gasteiger partial charge in [0.05, 0.1) is 10.5 Å². The molecule has 0 atom stereocenters. The van der Waals surface area contributed by atoms with Crippen molar-refractivity contribution in [1.82, 2.24) is 4.57 Å². The number of hydrogen-bond acceptors (Lipinski definition) is 1. The number of alkyl halides is 1. The first-order valence-corrected chi connectivity index (χ1v) is 5.98. The van der Waals surface area contributed by atoms with E-state index in [1.54, 1.807) is 0 Å². The maximum Gasteiger partial charge on any atom is 0.168 e. The van der Waals surface area contributed by atoms with Crippen molar-refractivity contribution in [2.45, 2.75) is 13.0 Å². The number of carbonyl (C=O) groups is 1. The summed E-state index contributed by atoms with van der Waals surface area (Å²) in [7, 11) is 0. The number of aldehydes is 1. The van der Waals surface area contributed by atoms with Crippen LogP contribution in [0, 0.1) is 0 Å². The average Bonchev–Trinajstić information content (AvgIpc) is 2.60. The minimum absolute atomic E-state index is 0.528. The highest BCUT2D eigenvalue weighted by molar-refractivity contribution is 6.38. The van der Waals surface area contributed by atoms with Gasteiger partial charge in [0, 0.05) is 17.8 Å². The van der Waals surface area contributed by atoms with Crippen LogP contribution in [0.5, 0.6) is 0 Å². The molecule has 0 N–H and O–H groups in total. The van der Waals surface area contributed by atoms with Crippen LogP contribution in [0.1, 0.15) is 16.9 Å². The lowest BCUT2D eigenvalue weighted by Gasteiger charge is -2.05. The van der Waals surface area contributed by atoms with Gasteiger partial charge in [0.2, 0.25) is 0 Å². The number of benzene rings is 1. The van der Waals surface area contributed by atoms with E-state index in [1.807, 2.05) is 28.8 Å². The molecule has 0 saturated carbocycles. The molecular weight excluding hydrogens is 245 g/mol. The van der Waals surface area contributed by atoms with Gasteiger partial charge in [-0.05, 0) is 12.5 Å². The normalized spacial score (nSPS) is 10.9. The monoisotopic (exact) mass is 255 g/mol. The molecule has 0 saturated heterocycles. The fourth-order valence-corrected chi connectivity index (χ4v) is 2.28. The maximum absolute atomic E-state index is 11.0. The highest BCUT2D eigenvalue weighted by Crippen LogP contribution is 2.29. The lowest BCUT2D eigenvalue weighted by atomic mass is 10.2. The first-order chi connectivity index (χ1) is 7.79. The van der Waals surface area contributed by atoms with Gasteiger partial charge in [-0.25, -0.2) is 0 Å². The van der Waals surface area contributed by atoms with Gasteiger partial charge < -0.3 is 4.57 Å². The molecule has 0 radical (unpaired) electrons. The molecule has 4 heteroatoms. The lowest BCUT2D eigenvalue weighted by molar-refractivity contribution is 0.111. The number of nitrogens with zero attached hydrogens (tertiary/aromatic N) is 1. The number of hydrogen-bond donors (Lipinski definition) is 0. The van der Waals surface area contributed by atoms with Gasteiger partial charge in [0.25, 0.3) is 0 Å². The Bertz CT molecular complexity index is 519. The summed E-state index contributed by atoms with van der Waals surface area (Å²) in [5.74, 6) is 0.572. The van der Waals surface area contributed by atoms with Crippen LogP contribution in [0.25, 0.3) is 10.9 Å². The zero-order chi connectivity index (χ0) is 11.5. The molecule has 84 valence electrons. The van der Waals surface area contributed by atoms with Crippen LogP contribution in [-0.2, 0) is 6.54 Å². The van der Waals surface area contributed by atoms with Crippen LogP contribution in [0.4, 0.5) is 0 Å². The number of fused-ring (bicyclic) bond motifs is 1. The van der Waals surface area contributed by atoms with Gasteiger partial charge in [-0.2, -0.15) is 0 Å². The van der Waals surface area contributed by atoms with E-state index in [0.717, 1.165) is 23.6 Å². The molecule has 0 amide bonds. The topological polar surface area (TPSA) is 22.0 Å². The smallest absolute Gasteiger partial charge is 0.168 e. The Hall–Kier alpha value is -0.990. The van der Waals surface area contributed by atoms with Crippen LogP contribution in [0.2, 0.25) is 5.02 Å². The van der Waals surface area contributed by atoms with Crippen molar-refractivity contribution >= 4 is 40.4 Å². The predicted molar refractivity (Wildman–Crippen MR) is 67.7 cm³/mol. The standard InChI is InChI=1S/C12H11Cl2NO/c13-6-3-7-15-10-5-2-1-4-9(10)12(14)11(15)8-16/h1-2,4-5,8H,3,6-7H2. The summed E-state index contributed by atoms with van der Waals surface area (Å²) in [5, 5.41) is 1.45. The van der Waals surface area contributed by atoms with Gasteiger partial charge in [-0.3, -0.25) is 4.79 Å². The quantitative estimate of drug-likeness (QED) is 0.603. The first kappa shape index (κ1) is 11.5. The van der Waals surface area contributed by atoms with Crippen molar-refractivity contribution in [3.05, 3.63) is 35.0 Å². The fourth-order valence-electron chi connectivity index (χ4n) is 1.85. The molecule has 0 aliphatic heterocycles. The predicted octanol–water partition coefficient (Wildman–Crippen LogP) is 3.74. The lowest BCUT2D eigenvalue weighted by Crippen LogP contribution is -2.02. The SMILES string of the molecule is O=Cc1c(Cl)c2ccccc2n1CCCCl. The molecular formula is C12H11Cl2NO. The average molecular weight is 256 g/mol. The number of para-hydroxylation sites is 1. The second kappa shape index (κ2) is 4.89. The van der Waals surface area contributed by atoms with Crippen molar-refractivity contribution < 1.29 is 4.79 Å². The molecule has 0 spiro atoms. The molecule has 2 nitrogen and oxygen atoms in total. The van der Waals surface area contributed by atoms with Crippen molar-refractivity contribution in [1.29, 1.82) is 0 Å². The maximum atomic E-state index is 11.0. The van der Waals surface area contributed by atoms with E-state index in [4.69, 9.17) is 23.2 Å². The fraction of sp³-hybridized carbons (Fsp3) is 0.250. The third kappa shape index (κ3) is 1.83. The Morgan fingerprint density at radius 1 is 1.31 bits per heavy atom. The Balaban J connectivity index is 2.63. The molecule has 0 unspecified atom stereocenters. The molecule has 2 rings (SSSR count). The Kier molecular flexibility index (Phi) is 3.52. The number of rotatable bonds is 4. The van der Waals surface area contributed by atoms with Crippen LogP contribution in [-0.4, -0.2) is 16.7 Å². The van der Waals surface area contributed by atoms with E-state index in [-0.39, 0.29) is 0 Å². The second-order valence-corrected chi connectivity index (χ2v) is 4.28. The minimum Gasteiger partial charge on any atom is -0.337 e. The molecule has 1 heterocycles.